The van der Waals surface area contributed by atoms with Crippen molar-refractivity contribution in [2.24, 2.45) is 0 Å². The highest BCUT2D eigenvalue weighted by Gasteiger charge is 2.12. The lowest BCUT2D eigenvalue weighted by molar-refractivity contribution is 0.0521. The smallest absolute Gasteiger partial charge is 0.341 e. The number of rotatable bonds is 5. The number of halogens is 2. The minimum Gasteiger partial charge on any atom is -0.462 e. The molecule has 0 amide bonds. The molecule has 0 aliphatic carbocycles. The Labute approximate surface area is 109 Å². The lowest BCUT2D eigenvalue weighted by Gasteiger charge is -2.04. The zero-order valence-corrected chi connectivity index (χ0v) is 11.2. The Kier molecular flexibility index (Phi) is 5.91. The molecular weight excluding hydrogens is 287 g/mol. The van der Waals surface area contributed by atoms with Crippen LogP contribution >= 0.6 is 15.9 Å². The summed E-state index contributed by atoms with van der Waals surface area (Å²) in [6.45, 7) is 1.93. The minimum absolute atomic E-state index is 0.0205. The fourth-order valence-electron chi connectivity index (χ4n) is 1.29. The van der Waals surface area contributed by atoms with E-state index in [-0.39, 0.29) is 12.2 Å². The maximum absolute atomic E-state index is 13.4. The van der Waals surface area contributed by atoms with Gasteiger partial charge >= 0.3 is 5.97 Å². The highest BCUT2D eigenvalue weighted by atomic mass is 79.9. The van der Waals surface area contributed by atoms with Gasteiger partial charge in [-0.3, -0.25) is 0 Å². The van der Waals surface area contributed by atoms with Gasteiger partial charge in [0, 0.05) is 5.33 Å². The minimum atomic E-state index is -0.624. The van der Waals surface area contributed by atoms with Crippen LogP contribution in [-0.2, 0) is 4.74 Å². The summed E-state index contributed by atoms with van der Waals surface area (Å²) in [5.74, 6) is -1.18. The predicted molar refractivity (Wildman–Crippen MR) is 69.8 cm³/mol. The largest absolute Gasteiger partial charge is 0.462 e. The van der Waals surface area contributed by atoms with E-state index in [4.69, 9.17) is 4.74 Å². The molecule has 1 aromatic carbocycles. The summed E-state index contributed by atoms with van der Waals surface area (Å²) in [5, 5.41) is 0.870. The van der Waals surface area contributed by atoms with Gasteiger partial charge in [0.15, 0.2) is 0 Å². The van der Waals surface area contributed by atoms with Crippen LogP contribution in [0.5, 0.6) is 0 Å². The molecule has 0 saturated carbocycles. The van der Waals surface area contributed by atoms with Crippen LogP contribution in [0.4, 0.5) is 4.39 Å². The Hall–Kier alpha value is -1.16. The van der Waals surface area contributed by atoms with Gasteiger partial charge in [-0.25, -0.2) is 9.18 Å². The van der Waals surface area contributed by atoms with E-state index < -0.39 is 11.8 Å². The van der Waals surface area contributed by atoms with Gasteiger partial charge in [0.25, 0.3) is 0 Å². The number of hydrogen-bond acceptors (Lipinski definition) is 2. The Morgan fingerprint density at radius 1 is 1.53 bits per heavy atom. The molecular formula is C13H14BrFO2. The quantitative estimate of drug-likeness (QED) is 0.611. The van der Waals surface area contributed by atoms with Gasteiger partial charge in [0.1, 0.15) is 5.82 Å². The van der Waals surface area contributed by atoms with Crippen LogP contribution in [0.3, 0.4) is 0 Å². The monoisotopic (exact) mass is 300 g/mol. The number of alkyl halides is 1. The number of allylic oxidation sites excluding steroid dienone is 1. The van der Waals surface area contributed by atoms with Gasteiger partial charge in [-0.15, -0.1) is 0 Å². The summed E-state index contributed by atoms with van der Waals surface area (Å²) in [7, 11) is 0. The van der Waals surface area contributed by atoms with E-state index in [9.17, 15) is 9.18 Å². The Morgan fingerprint density at radius 3 is 2.94 bits per heavy atom. The number of hydrogen-bond donors (Lipinski definition) is 0. The number of esters is 1. The molecule has 0 aliphatic heterocycles. The number of ether oxygens (including phenoxy) is 1. The van der Waals surface area contributed by atoms with Crippen LogP contribution in [0.15, 0.2) is 24.3 Å². The van der Waals surface area contributed by atoms with E-state index in [1.807, 2.05) is 12.2 Å². The second kappa shape index (κ2) is 7.22. The molecule has 0 unspecified atom stereocenters. The van der Waals surface area contributed by atoms with E-state index in [2.05, 4.69) is 15.9 Å². The molecule has 0 aromatic heterocycles. The van der Waals surface area contributed by atoms with Crippen LogP contribution < -0.4 is 0 Å². The van der Waals surface area contributed by atoms with Crippen molar-refractivity contribution in [3.63, 3.8) is 0 Å². The third-order valence-electron chi connectivity index (χ3n) is 2.07. The Morgan fingerprint density at radius 2 is 2.29 bits per heavy atom. The molecule has 0 aliphatic rings. The van der Waals surface area contributed by atoms with Crippen LogP contribution in [0.2, 0.25) is 0 Å². The molecule has 1 rings (SSSR count). The van der Waals surface area contributed by atoms with E-state index in [0.717, 1.165) is 17.3 Å². The fourth-order valence-corrected chi connectivity index (χ4v) is 1.56. The highest BCUT2D eigenvalue weighted by Crippen LogP contribution is 2.13. The van der Waals surface area contributed by atoms with E-state index >= 15 is 0 Å². The topological polar surface area (TPSA) is 26.3 Å². The fraction of sp³-hybridized carbons (Fsp3) is 0.308. The summed E-state index contributed by atoms with van der Waals surface area (Å²) < 4.78 is 18.2. The molecule has 2 nitrogen and oxygen atoms in total. The lowest BCUT2D eigenvalue weighted by atomic mass is 10.1. The van der Waals surface area contributed by atoms with Crippen molar-refractivity contribution >= 4 is 28.0 Å². The maximum Gasteiger partial charge on any atom is 0.341 e. The lowest BCUT2D eigenvalue weighted by Crippen LogP contribution is -2.07. The van der Waals surface area contributed by atoms with Gasteiger partial charge in [-0.2, -0.15) is 0 Å². The van der Waals surface area contributed by atoms with Crippen molar-refractivity contribution in [3.8, 4) is 0 Å². The second-order valence-corrected chi connectivity index (χ2v) is 4.13. The van der Waals surface area contributed by atoms with Crippen LogP contribution in [-0.4, -0.2) is 17.9 Å². The van der Waals surface area contributed by atoms with Crippen LogP contribution in [0.1, 0.15) is 29.3 Å². The molecule has 0 N–H and O–H groups in total. The first-order chi connectivity index (χ1) is 8.19. The average molecular weight is 301 g/mol. The summed E-state index contributed by atoms with van der Waals surface area (Å²) in [5.41, 5.74) is 0.767. The van der Waals surface area contributed by atoms with Crippen molar-refractivity contribution in [3.05, 3.63) is 41.2 Å². The summed E-state index contributed by atoms with van der Waals surface area (Å²) in [4.78, 5) is 11.5. The van der Waals surface area contributed by atoms with Crippen molar-refractivity contribution in [2.45, 2.75) is 13.3 Å². The normalized spacial score (nSPS) is 10.8. The molecule has 0 bridgehead atoms. The maximum atomic E-state index is 13.4. The molecule has 0 heterocycles. The van der Waals surface area contributed by atoms with Gasteiger partial charge in [-0.05, 0) is 31.0 Å². The van der Waals surface area contributed by atoms with Gasteiger partial charge < -0.3 is 4.74 Å². The molecule has 0 fully saturated rings. The summed E-state index contributed by atoms with van der Waals surface area (Å²) in [6.07, 6.45) is 4.69. The van der Waals surface area contributed by atoms with Gasteiger partial charge in [0.2, 0.25) is 0 Å². The van der Waals surface area contributed by atoms with Gasteiger partial charge in [-0.1, -0.05) is 34.1 Å². The molecule has 17 heavy (non-hydrogen) atoms. The summed E-state index contributed by atoms with van der Waals surface area (Å²) >= 11 is 3.31. The van der Waals surface area contributed by atoms with E-state index in [1.54, 1.807) is 13.0 Å². The van der Waals surface area contributed by atoms with Crippen LogP contribution in [0.25, 0.3) is 6.08 Å². The van der Waals surface area contributed by atoms with Crippen molar-refractivity contribution in [2.75, 3.05) is 11.9 Å². The Bertz CT molecular complexity index is 416. The number of carbonyl (C=O) groups is 1. The molecule has 4 heteroatoms. The molecule has 92 valence electrons. The molecule has 0 radical (unpaired) electrons. The zero-order chi connectivity index (χ0) is 12.7. The highest BCUT2D eigenvalue weighted by molar-refractivity contribution is 9.09. The molecule has 1 aromatic rings. The van der Waals surface area contributed by atoms with Crippen LogP contribution in [0, 0.1) is 5.82 Å². The third-order valence-corrected chi connectivity index (χ3v) is 2.53. The van der Waals surface area contributed by atoms with E-state index in [1.165, 1.54) is 12.1 Å². The van der Waals surface area contributed by atoms with Crippen molar-refractivity contribution < 1.29 is 13.9 Å². The second-order valence-electron chi connectivity index (χ2n) is 3.34. The molecule has 0 saturated heterocycles. The molecule has 0 atom stereocenters. The first-order valence-corrected chi connectivity index (χ1v) is 6.50. The Balaban J connectivity index is 2.90. The van der Waals surface area contributed by atoms with Gasteiger partial charge in [0.05, 0.1) is 12.2 Å². The average Bonchev–Trinajstić information content (AvgIpc) is 2.32. The standard InChI is InChI=1S/C13H14BrFO2/c1-2-17-13(16)11-9-10(5-3-4-8-14)6-7-12(11)15/h3,5-7,9H,2,4,8H2,1H3. The first kappa shape index (κ1) is 13.9. The number of benzene rings is 1. The first-order valence-electron chi connectivity index (χ1n) is 5.38. The van der Waals surface area contributed by atoms with Crippen molar-refractivity contribution in [1.82, 2.24) is 0 Å². The third kappa shape index (κ3) is 4.30. The zero-order valence-electron chi connectivity index (χ0n) is 9.58. The number of carbonyl (C=O) groups excluding carboxylic acids is 1. The van der Waals surface area contributed by atoms with Crippen molar-refractivity contribution in [1.29, 1.82) is 0 Å². The van der Waals surface area contributed by atoms with E-state index in [0.29, 0.717) is 0 Å². The predicted octanol–water partition coefficient (Wildman–Crippen LogP) is 3.80. The SMILES string of the molecule is CCOC(=O)c1cc(C=CCCBr)ccc1F. The summed E-state index contributed by atoms with van der Waals surface area (Å²) in [6, 6.07) is 4.40. The molecule has 0 spiro atoms.